The smallest absolute Gasteiger partial charge is 0.283 e. The summed E-state index contributed by atoms with van der Waals surface area (Å²) in [4.78, 5) is 13.1. The molecule has 2 aromatic carbocycles. The highest BCUT2D eigenvalue weighted by Crippen LogP contribution is 2.23. The van der Waals surface area contributed by atoms with Crippen LogP contribution in [0, 0.1) is 0 Å². The van der Waals surface area contributed by atoms with E-state index < -0.39 is 12.2 Å². The number of hydrogen-bond acceptors (Lipinski definition) is 5. The molecule has 0 aliphatic rings. The minimum Gasteiger partial charge on any atom is -0.508 e. The molecule has 0 fully saturated rings. The molecule has 0 unspecified atom stereocenters. The molecule has 4 N–H and O–H groups in total. The van der Waals surface area contributed by atoms with Gasteiger partial charge in [-0.15, -0.1) is 0 Å². The van der Waals surface area contributed by atoms with Crippen molar-refractivity contribution in [3.05, 3.63) is 54.1 Å². The van der Waals surface area contributed by atoms with E-state index in [9.17, 15) is 15.0 Å². The van der Waals surface area contributed by atoms with E-state index in [1.807, 2.05) is 0 Å². The predicted molar refractivity (Wildman–Crippen MR) is 80.5 cm³/mol. The van der Waals surface area contributed by atoms with Crippen LogP contribution in [0.15, 0.2) is 48.5 Å². The predicted octanol–water partition coefficient (Wildman–Crippen LogP) is 0.984. The Labute approximate surface area is 127 Å². The summed E-state index contributed by atoms with van der Waals surface area (Å²) in [6.45, 7) is 0.123. The number of phenols is 2. The normalized spacial score (nSPS) is 10.7. The lowest BCUT2D eigenvalue weighted by atomic mass is 10.1. The van der Waals surface area contributed by atoms with Gasteiger partial charge in [0.05, 0.1) is 0 Å². The number of amides is 1. The van der Waals surface area contributed by atoms with Gasteiger partial charge in [-0.1, -0.05) is 18.2 Å². The van der Waals surface area contributed by atoms with Crippen LogP contribution in [0.4, 0.5) is 5.69 Å². The number of aliphatic hydroxyl groups is 2. The van der Waals surface area contributed by atoms with E-state index >= 15 is 0 Å². The number of phenolic OH excluding ortho intramolecular Hbond substituents is 2. The van der Waals surface area contributed by atoms with Crippen LogP contribution < -0.4 is 4.90 Å². The zero-order valence-corrected chi connectivity index (χ0v) is 11.8. The number of carbonyl (C=O) groups excluding carboxylic acids is 1. The van der Waals surface area contributed by atoms with E-state index in [-0.39, 0.29) is 24.5 Å². The molecule has 0 aliphatic heterocycles. The largest absolute Gasteiger partial charge is 0.508 e. The van der Waals surface area contributed by atoms with Crippen molar-refractivity contribution in [2.75, 3.05) is 11.4 Å². The Morgan fingerprint density at radius 3 is 2.36 bits per heavy atom. The first-order valence-corrected chi connectivity index (χ1v) is 6.72. The molecule has 0 aliphatic carbocycles. The number of rotatable bonds is 5. The van der Waals surface area contributed by atoms with Crippen molar-refractivity contribution in [3.8, 4) is 11.5 Å². The Balaban J connectivity index is 2.20. The molecule has 0 bridgehead atoms. The van der Waals surface area contributed by atoms with E-state index in [1.165, 1.54) is 23.1 Å². The van der Waals surface area contributed by atoms with Crippen LogP contribution in [0.5, 0.6) is 11.5 Å². The number of benzene rings is 2. The van der Waals surface area contributed by atoms with Gasteiger partial charge in [0, 0.05) is 12.2 Å². The topological polar surface area (TPSA) is 101 Å². The summed E-state index contributed by atoms with van der Waals surface area (Å²) in [5.74, 6) is -0.846. The monoisotopic (exact) mass is 303 g/mol. The lowest BCUT2D eigenvalue weighted by Crippen LogP contribution is -2.40. The molecule has 1 amide bonds. The minimum absolute atomic E-state index is 0.00260. The molecule has 116 valence electrons. The summed E-state index contributed by atoms with van der Waals surface area (Å²) in [5.41, 5.74) is 0.974. The van der Waals surface area contributed by atoms with Gasteiger partial charge in [0.25, 0.3) is 5.91 Å². The first-order valence-electron chi connectivity index (χ1n) is 6.72. The molecule has 6 nitrogen and oxygen atoms in total. The number of hydrogen-bond donors (Lipinski definition) is 4. The minimum atomic E-state index is -2.11. The molecule has 2 rings (SSSR count). The molecule has 0 aromatic heterocycles. The van der Waals surface area contributed by atoms with Crippen molar-refractivity contribution in [3.63, 3.8) is 0 Å². The molecule has 0 spiro atoms. The number of aliphatic hydroxyl groups excluding tert-OH is 1. The first-order chi connectivity index (χ1) is 10.5. The number of carbonyl (C=O) groups is 1. The van der Waals surface area contributed by atoms with Crippen LogP contribution in [-0.2, 0) is 11.2 Å². The van der Waals surface area contributed by atoms with Crippen LogP contribution in [0.25, 0.3) is 0 Å². The van der Waals surface area contributed by atoms with Crippen molar-refractivity contribution in [2.45, 2.75) is 12.7 Å². The summed E-state index contributed by atoms with van der Waals surface area (Å²) >= 11 is 0. The molecule has 0 radical (unpaired) electrons. The summed E-state index contributed by atoms with van der Waals surface area (Å²) in [6.07, 6.45) is -1.87. The zero-order chi connectivity index (χ0) is 16.1. The van der Waals surface area contributed by atoms with Crippen molar-refractivity contribution < 1.29 is 25.2 Å². The van der Waals surface area contributed by atoms with Crippen molar-refractivity contribution >= 4 is 11.6 Å². The Kier molecular flexibility index (Phi) is 4.98. The number of aromatic hydroxyl groups is 2. The summed E-state index contributed by atoms with van der Waals surface area (Å²) < 4.78 is 0. The van der Waals surface area contributed by atoms with Gasteiger partial charge in [-0.05, 0) is 42.3 Å². The SMILES string of the molecule is O=C(C(O)O)N(CCc1cc(O)ccc1O)c1ccccc1. The van der Waals surface area contributed by atoms with Gasteiger partial charge in [-0.3, -0.25) is 4.79 Å². The second kappa shape index (κ2) is 6.93. The van der Waals surface area contributed by atoms with Crippen LogP contribution in [0.3, 0.4) is 0 Å². The van der Waals surface area contributed by atoms with Crippen LogP contribution in [0.2, 0.25) is 0 Å². The van der Waals surface area contributed by atoms with Gasteiger partial charge >= 0.3 is 0 Å². The fourth-order valence-corrected chi connectivity index (χ4v) is 2.12. The summed E-state index contributed by atoms with van der Waals surface area (Å²) in [7, 11) is 0. The summed E-state index contributed by atoms with van der Waals surface area (Å²) in [6, 6.07) is 12.7. The molecular weight excluding hydrogens is 286 g/mol. The zero-order valence-electron chi connectivity index (χ0n) is 11.8. The third-order valence-corrected chi connectivity index (χ3v) is 3.22. The highest BCUT2D eigenvalue weighted by atomic mass is 16.5. The second-order valence-electron chi connectivity index (χ2n) is 4.76. The first kappa shape index (κ1) is 15.8. The fourth-order valence-electron chi connectivity index (χ4n) is 2.12. The van der Waals surface area contributed by atoms with Crippen molar-refractivity contribution in [1.29, 1.82) is 0 Å². The van der Waals surface area contributed by atoms with Crippen molar-refractivity contribution in [1.82, 2.24) is 0 Å². The fraction of sp³-hybridized carbons (Fsp3) is 0.188. The molecule has 0 saturated heterocycles. The maximum absolute atomic E-state index is 11.9. The highest BCUT2D eigenvalue weighted by molar-refractivity contribution is 5.95. The van der Waals surface area contributed by atoms with Gasteiger partial charge in [-0.25, -0.2) is 0 Å². The maximum atomic E-state index is 11.9. The quantitative estimate of drug-likeness (QED) is 0.487. The second-order valence-corrected chi connectivity index (χ2v) is 4.76. The van der Waals surface area contributed by atoms with E-state index in [4.69, 9.17) is 10.2 Å². The molecule has 0 atom stereocenters. The third kappa shape index (κ3) is 3.75. The van der Waals surface area contributed by atoms with Crippen LogP contribution in [-0.4, -0.2) is 39.2 Å². The van der Waals surface area contributed by atoms with Gasteiger partial charge in [0.2, 0.25) is 6.29 Å². The molecule has 22 heavy (non-hydrogen) atoms. The van der Waals surface area contributed by atoms with Crippen molar-refractivity contribution in [2.24, 2.45) is 0 Å². The van der Waals surface area contributed by atoms with Gasteiger partial charge in [-0.2, -0.15) is 0 Å². The third-order valence-electron chi connectivity index (χ3n) is 3.22. The average Bonchev–Trinajstić information content (AvgIpc) is 2.51. The van der Waals surface area contributed by atoms with E-state index in [1.54, 1.807) is 30.3 Å². The van der Waals surface area contributed by atoms with Crippen LogP contribution in [0.1, 0.15) is 5.56 Å². The van der Waals surface area contributed by atoms with E-state index in [0.717, 1.165) is 0 Å². The average molecular weight is 303 g/mol. The highest BCUT2D eigenvalue weighted by Gasteiger charge is 2.21. The molecule has 6 heteroatoms. The van der Waals surface area contributed by atoms with E-state index in [0.29, 0.717) is 11.3 Å². The number of nitrogens with zero attached hydrogens (tertiary/aromatic N) is 1. The lowest BCUT2D eigenvalue weighted by molar-refractivity contribution is -0.144. The van der Waals surface area contributed by atoms with Gasteiger partial charge in [0.1, 0.15) is 11.5 Å². The Bertz CT molecular complexity index is 642. The Morgan fingerprint density at radius 1 is 1.05 bits per heavy atom. The van der Waals surface area contributed by atoms with Gasteiger partial charge in [0.15, 0.2) is 0 Å². The summed E-state index contributed by atoms with van der Waals surface area (Å²) in [5, 5.41) is 37.4. The van der Waals surface area contributed by atoms with E-state index in [2.05, 4.69) is 0 Å². The lowest BCUT2D eigenvalue weighted by Gasteiger charge is -2.23. The molecular formula is C16H17NO5. The number of anilines is 1. The maximum Gasteiger partial charge on any atom is 0.283 e. The standard InChI is InChI=1S/C16H17NO5/c18-13-6-7-14(19)11(10-13)8-9-17(15(20)16(21)22)12-4-2-1-3-5-12/h1-7,10,16,18-19,21-22H,8-9H2. The molecule has 2 aromatic rings. The number of para-hydroxylation sites is 1. The molecule has 0 saturated carbocycles. The Hall–Kier alpha value is -2.57. The molecule has 0 heterocycles. The van der Waals surface area contributed by atoms with Gasteiger partial charge < -0.3 is 25.3 Å². The van der Waals surface area contributed by atoms with Crippen LogP contribution >= 0.6 is 0 Å². The Morgan fingerprint density at radius 2 is 1.73 bits per heavy atom.